The SMILES string of the molecule is CC[C@H]1C(=O)C[C@@H]2C[C@H]1OO[C@@]2(/C=C/C(=O)c1ccc(Cl)cc1)CC. The number of fused-ring (bicyclic) bond motifs is 2. The molecule has 1 aliphatic carbocycles. The molecule has 2 aliphatic rings. The van der Waals surface area contributed by atoms with Gasteiger partial charge in [-0.3, -0.25) is 9.59 Å². The summed E-state index contributed by atoms with van der Waals surface area (Å²) in [5.41, 5.74) is -0.167. The Balaban J connectivity index is 1.78. The highest BCUT2D eigenvalue weighted by Gasteiger charge is 2.51. The Morgan fingerprint density at radius 1 is 1.32 bits per heavy atom. The lowest BCUT2D eigenvalue weighted by Crippen LogP contribution is -2.53. The number of hydrogen-bond acceptors (Lipinski definition) is 4. The number of carbonyl (C=O) groups excluding carboxylic acids is 2. The molecule has 4 atom stereocenters. The second-order valence-corrected chi connectivity index (χ2v) is 7.29. The summed E-state index contributed by atoms with van der Waals surface area (Å²) in [6.07, 6.45) is 5.79. The van der Waals surface area contributed by atoms with Gasteiger partial charge < -0.3 is 0 Å². The van der Waals surface area contributed by atoms with Gasteiger partial charge in [0.2, 0.25) is 0 Å². The Kier molecular flexibility index (Phi) is 5.42. The van der Waals surface area contributed by atoms with Gasteiger partial charge in [-0.25, -0.2) is 9.78 Å². The number of carbonyl (C=O) groups is 2. The fourth-order valence-electron chi connectivity index (χ4n) is 3.87. The van der Waals surface area contributed by atoms with Crippen molar-refractivity contribution in [3.05, 3.63) is 47.0 Å². The van der Waals surface area contributed by atoms with E-state index in [1.54, 1.807) is 30.3 Å². The van der Waals surface area contributed by atoms with E-state index in [1.807, 2.05) is 13.8 Å². The fourth-order valence-corrected chi connectivity index (χ4v) is 4.00. The molecule has 0 N–H and O–H groups in total. The van der Waals surface area contributed by atoms with Crippen molar-refractivity contribution in [3.63, 3.8) is 0 Å². The van der Waals surface area contributed by atoms with E-state index in [-0.39, 0.29) is 29.5 Å². The van der Waals surface area contributed by atoms with Crippen molar-refractivity contribution >= 4 is 23.2 Å². The summed E-state index contributed by atoms with van der Waals surface area (Å²) in [5.74, 6) is 0.0812. The molecule has 4 nitrogen and oxygen atoms in total. The zero-order chi connectivity index (χ0) is 18.0. The fraction of sp³-hybridized carbons (Fsp3) is 0.500. The predicted molar refractivity (Wildman–Crippen MR) is 95.4 cm³/mol. The van der Waals surface area contributed by atoms with E-state index in [9.17, 15) is 9.59 Å². The minimum atomic E-state index is -0.729. The number of hydrogen-bond donors (Lipinski definition) is 0. The Morgan fingerprint density at radius 3 is 2.68 bits per heavy atom. The molecule has 3 rings (SSSR count). The first-order valence-electron chi connectivity index (χ1n) is 8.85. The van der Waals surface area contributed by atoms with Crippen LogP contribution in [0.15, 0.2) is 36.4 Å². The smallest absolute Gasteiger partial charge is 0.185 e. The summed E-state index contributed by atoms with van der Waals surface area (Å²) in [5, 5.41) is 0.590. The molecule has 1 saturated carbocycles. The normalized spacial score (nSPS) is 32.1. The van der Waals surface area contributed by atoms with Gasteiger partial charge in [0.05, 0.1) is 0 Å². The number of rotatable bonds is 5. The molecule has 0 spiro atoms. The lowest BCUT2D eigenvalue weighted by atomic mass is 9.69. The van der Waals surface area contributed by atoms with E-state index in [0.29, 0.717) is 23.4 Å². The number of ketones is 2. The van der Waals surface area contributed by atoms with Gasteiger partial charge in [0.15, 0.2) is 5.78 Å². The second-order valence-electron chi connectivity index (χ2n) is 6.85. The van der Waals surface area contributed by atoms with Gasteiger partial charge in [-0.15, -0.1) is 0 Å². The molecule has 0 unspecified atom stereocenters. The standard InChI is InChI=1S/C20H23ClO4/c1-3-16-18(23)11-14-12-19(16)24-25-20(14,4-2)10-9-17(22)13-5-7-15(21)8-6-13/h5-10,14,16,19H,3-4,11-12H2,1-2H3/b10-9+/t14-,16+,19-,20-/m1/s1. The molecule has 1 aromatic carbocycles. The van der Waals surface area contributed by atoms with Gasteiger partial charge >= 0.3 is 0 Å². The summed E-state index contributed by atoms with van der Waals surface area (Å²) in [6, 6.07) is 6.76. The van der Waals surface area contributed by atoms with Crippen molar-refractivity contribution in [2.75, 3.05) is 0 Å². The average molecular weight is 363 g/mol. The van der Waals surface area contributed by atoms with Crippen LogP contribution in [-0.2, 0) is 14.6 Å². The Hall–Kier alpha value is -1.49. The van der Waals surface area contributed by atoms with Crippen LogP contribution in [0.4, 0.5) is 0 Å². The van der Waals surface area contributed by atoms with Crippen molar-refractivity contribution in [3.8, 4) is 0 Å². The molecule has 0 aromatic heterocycles. The van der Waals surface area contributed by atoms with Crippen molar-refractivity contribution in [1.82, 2.24) is 0 Å². The van der Waals surface area contributed by atoms with Gasteiger partial charge in [-0.2, -0.15) is 0 Å². The highest BCUT2D eigenvalue weighted by atomic mass is 35.5. The maximum atomic E-state index is 12.4. The van der Waals surface area contributed by atoms with Gasteiger partial charge in [0, 0.05) is 28.8 Å². The number of halogens is 1. The number of Topliss-reactive ketones (excluding diaryl/α,β-unsaturated/α-hetero) is 1. The molecule has 2 bridgehead atoms. The van der Waals surface area contributed by atoms with E-state index in [2.05, 4.69) is 0 Å². The first-order chi connectivity index (χ1) is 12.0. The predicted octanol–water partition coefficient (Wildman–Crippen LogP) is 4.56. The maximum Gasteiger partial charge on any atom is 0.185 e. The molecular weight excluding hydrogens is 340 g/mol. The summed E-state index contributed by atoms with van der Waals surface area (Å²) in [4.78, 5) is 36.1. The van der Waals surface area contributed by atoms with E-state index >= 15 is 0 Å². The lowest BCUT2D eigenvalue weighted by molar-refractivity contribution is -0.420. The van der Waals surface area contributed by atoms with Crippen LogP contribution in [0, 0.1) is 11.8 Å². The minimum Gasteiger partial charge on any atom is -0.299 e. The van der Waals surface area contributed by atoms with Gasteiger partial charge in [0.1, 0.15) is 17.5 Å². The van der Waals surface area contributed by atoms with Crippen LogP contribution in [0.1, 0.15) is 49.9 Å². The molecule has 2 fully saturated rings. The quantitative estimate of drug-likeness (QED) is 0.437. The van der Waals surface area contributed by atoms with Crippen molar-refractivity contribution in [2.24, 2.45) is 11.8 Å². The number of benzene rings is 1. The van der Waals surface area contributed by atoms with Crippen molar-refractivity contribution in [2.45, 2.75) is 51.2 Å². The van der Waals surface area contributed by atoms with Gasteiger partial charge in [0.25, 0.3) is 0 Å². The van der Waals surface area contributed by atoms with Crippen LogP contribution < -0.4 is 0 Å². The monoisotopic (exact) mass is 362 g/mol. The van der Waals surface area contributed by atoms with Gasteiger partial charge in [-0.1, -0.05) is 25.4 Å². The molecule has 1 aliphatic heterocycles. The first-order valence-corrected chi connectivity index (χ1v) is 9.23. The zero-order valence-electron chi connectivity index (χ0n) is 14.5. The van der Waals surface area contributed by atoms with Crippen LogP contribution in [0.2, 0.25) is 5.02 Å². The molecule has 0 radical (unpaired) electrons. The van der Waals surface area contributed by atoms with Crippen molar-refractivity contribution in [1.29, 1.82) is 0 Å². The Bertz CT molecular complexity index is 681. The molecule has 0 amide bonds. The second kappa shape index (κ2) is 7.40. The Morgan fingerprint density at radius 2 is 2.04 bits per heavy atom. The lowest BCUT2D eigenvalue weighted by Gasteiger charge is -2.47. The summed E-state index contributed by atoms with van der Waals surface area (Å²) in [6.45, 7) is 3.98. The van der Waals surface area contributed by atoms with E-state index in [1.165, 1.54) is 6.08 Å². The molecule has 1 aromatic rings. The van der Waals surface area contributed by atoms with Crippen LogP contribution in [0.5, 0.6) is 0 Å². The molecule has 1 heterocycles. The molecule has 134 valence electrons. The summed E-state index contributed by atoms with van der Waals surface area (Å²) < 4.78 is 0. The average Bonchev–Trinajstić information content (AvgIpc) is 2.62. The Labute approximate surface area is 153 Å². The van der Waals surface area contributed by atoms with E-state index < -0.39 is 5.60 Å². The first kappa shape index (κ1) is 18.3. The maximum absolute atomic E-state index is 12.4. The molecule has 25 heavy (non-hydrogen) atoms. The highest BCUT2D eigenvalue weighted by molar-refractivity contribution is 6.30. The van der Waals surface area contributed by atoms with Crippen molar-refractivity contribution < 1.29 is 19.4 Å². The topological polar surface area (TPSA) is 52.6 Å². The molecule has 5 heteroatoms. The molecular formula is C20H23ClO4. The summed E-state index contributed by atoms with van der Waals surface area (Å²) >= 11 is 5.86. The van der Waals surface area contributed by atoms with Crippen LogP contribution in [0.3, 0.4) is 0 Å². The van der Waals surface area contributed by atoms with E-state index in [0.717, 1.165) is 12.8 Å². The third-order valence-corrected chi connectivity index (χ3v) is 5.73. The minimum absolute atomic E-state index is 0.0424. The van der Waals surface area contributed by atoms with Gasteiger partial charge in [-0.05, 0) is 55.7 Å². The number of allylic oxidation sites excluding steroid dienone is 1. The zero-order valence-corrected chi connectivity index (χ0v) is 15.3. The molecule has 1 saturated heterocycles. The largest absolute Gasteiger partial charge is 0.299 e. The third kappa shape index (κ3) is 3.57. The van der Waals surface area contributed by atoms with Crippen LogP contribution in [-0.4, -0.2) is 23.3 Å². The summed E-state index contributed by atoms with van der Waals surface area (Å²) in [7, 11) is 0. The third-order valence-electron chi connectivity index (χ3n) is 5.48. The van der Waals surface area contributed by atoms with E-state index in [4.69, 9.17) is 21.4 Å². The van der Waals surface area contributed by atoms with Crippen LogP contribution >= 0.6 is 11.6 Å². The van der Waals surface area contributed by atoms with Crippen LogP contribution in [0.25, 0.3) is 0 Å². The highest BCUT2D eigenvalue weighted by Crippen LogP contribution is 2.45.